The molecule has 0 aliphatic rings. The van der Waals surface area contributed by atoms with Gasteiger partial charge in [0.25, 0.3) is 5.91 Å². The van der Waals surface area contributed by atoms with E-state index in [1.807, 2.05) is 0 Å². The van der Waals surface area contributed by atoms with E-state index >= 15 is 0 Å². The SMILES string of the molecule is C#CCCNC(=O)c1cc(OC)c(OC)cc1OC. The van der Waals surface area contributed by atoms with Gasteiger partial charge < -0.3 is 19.5 Å². The first-order chi connectivity index (χ1) is 9.17. The minimum Gasteiger partial charge on any atom is -0.496 e. The summed E-state index contributed by atoms with van der Waals surface area (Å²) < 4.78 is 15.5. The fourth-order valence-electron chi connectivity index (χ4n) is 1.55. The molecule has 1 aromatic carbocycles. The quantitative estimate of drug-likeness (QED) is 0.623. The maximum atomic E-state index is 12.0. The molecular formula is C14H17NO4. The maximum Gasteiger partial charge on any atom is 0.255 e. The summed E-state index contributed by atoms with van der Waals surface area (Å²) in [5.41, 5.74) is 0.372. The zero-order valence-corrected chi connectivity index (χ0v) is 11.3. The van der Waals surface area contributed by atoms with Gasteiger partial charge in [0.1, 0.15) is 5.75 Å². The molecule has 0 radical (unpaired) electrons. The summed E-state index contributed by atoms with van der Waals surface area (Å²) >= 11 is 0. The lowest BCUT2D eigenvalue weighted by Gasteiger charge is -2.13. The second-order valence-electron chi connectivity index (χ2n) is 3.62. The molecule has 1 rings (SSSR count). The van der Waals surface area contributed by atoms with E-state index < -0.39 is 0 Å². The molecule has 0 aliphatic carbocycles. The summed E-state index contributed by atoms with van der Waals surface area (Å²) in [7, 11) is 4.51. The average Bonchev–Trinajstić information content (AvgIpc) is 2.45. The molecule has 5 nitrogen and oxygen atoms in total. The first kappa shape index (κ1) is 14.7. The van der Waals surface area contributed by atoms with Gasteiger partial charge >= 0.3 is 0 Å². The van der Waals surface area contributed by atoms with Gasteiger partial charge in [-0.2, -0.15) is 0 Å². The first-order valence-electron chi connectivity index (χ1n) is 5.69. The molecule has 1 N–H and O–H groups in total. The summed E-state index contributed by atoms with van der Waals surface area (Å²) in [5.74, 6) is 3.56. The Kier molecular flexibility index (Phi) is 5.55. The number of methoxy groups -OCH3 is 3. The number of hydrogen-bond acceptors (Lipinski definition) is 4. The fraction of sp³-hybridized carbons (Fsp3) is 0.357. The van der Waals surface area contributed by atoms with Gasteiger partial charge in [-0.3, -0.25) is 4.79 Å². The molecule has 0 fully saturated rings. The monoisotopic (exact) mass is 263 g/mol. The van der Waals surface area contributed by atoms with E-state index in [2.05, 4.69) is 11.2 Å². The molecule has 0 saturated carbocycles. The molecule has 0 aliphatic heterocycles. The third-order valence-electron chi connectivity index (χ3n) is 2.51. The van der Waals surface area contributed by atoms with Crippen LogP contribution in [0.2, 0.25) is 0 Å². The lowest BCUT2D eigenvalue weighted by molar-refractivity contribution is 0.0951. The van der Waals surface area contributed by atoms with Gasteiger partial charge in [-0.25, -0.2) is 0 Å². The van der Waals surface area contributed by atoms with Crippen molar-refractivity contribution in [3.8, 4) is 29.6 Å². The van der Waals surface area contributed by atoms with Crippen LogP contribution in [0.3, 0.4) is 0 Å². The van der Waals surface area contributed by atoms with Crippen LogP contribution in [0, 0.1) is 12.3 Å². The molecule has 0 unspecified atom stereocenters. The van der Waals surface area contributed by atoms with Crippen molar-refractivity contribution in [3.63, 3.8) is 0 Å². The summed E-state index contributed by atoms with van der Waals surface area (Å²) in [5, 5.41) is 2.71. The number of terminal acetylenes is 1. The van der Waals surface area contributed by atoms with Crippen molar-refractivity contribution in [2.75, 3.05) is 27.9 Å². The van der Waals surface area contributed by atoms with Crippen molar-refractivity contribution >= 4 is 5.91 Å². The predicted octanol–water partition coefficient (Wildman–Crippen LogP) is 1.47. The Hall–Kier alpha value is -2.35. The Morgan fingerprint density at radius 2 is 1.74 bits per heavy atom. The Morgan fingerprint density at radius 1 is 1.16 bits per heavy atom. The van der Waals surface area contributed by atoms with Gasteiger partial charge in [0.15, 0.2) is 11.5 Å². The average molecular weight is 263 g/mol. The molecular weight excluding hydrogens is 246 g/mol. The Morgan fingerprint density at radius 3 is 2.26 bits per heavy atom. The van der Waals surface area contributed by atoms with Crippen molar-refractivity contribution < 1.29 is 19.0 Å². The second kappa shape index (κ2) is 7.17. The van der Waals surface area contributed by atoms with E-state index in [0.29, 0.717) is 35.8 Å². The van der Waals surface area contributed by atoms with Crippen molar-refractivity contribution in [3.05, 3.63) is 17.7 Å². The van der Waals surface area contributed by atoms with Crippen LogP contribution in [0.15, 0.2) is 12.1 Å². The van der Waals surface area contributed by atoms with E-state index in [9.17, 15) is 4.79 Å². The van der Waals surface area contributed by atoms with Crippen LogP contribution in [-0.4, -0.2) is 33.8 Å². The van der Waals surface area contributed by atoms with Gasteiger partial charge in [0.2, 0.25) is 0 Å². The van der Waals surface area contributed by atoms with Crippen LogP contribution in [-0.2, 0) is 0 Å². The Bertz CT molecular complexity index is 491. The number of benzene rings is 1. The molecule has 5 heteroatoms. The van der Waals surface area contributed by atoms with Crippen molar-refractivity contribution in [1.29, 1.82) is 0 Å². The number of nitrogens with one attached hydrogen (secondary N) is 1. The molecule has 0 heterocycles. The summed E-state index contributed by atoms with van der Waals surface area (Å²) in [6, 6.07) is 3.18. The minimum atomic E-state index is -0.270. The lowest BCUT2D eigenvalue weighted by Crippen LogP contribution is -2.24. The van der Waals surface area contributed by atoms with Gasteiger partial charge in [0, 0.05) is 25.1 Å². The zero-order chi connectivity index (χ0) is 14.3. The molecule has 0 spiro atoms. The highest BCUT2D eigenvalue weighted by molar-refractivity contribution is 5.97. The van der Waals surface area contributed by atoms with E-state index in [4.69, 9.17) is 20.6 Å². The van der Waals surface area contributed by atoms with Crippen molar-refractivity contribution in [2.45, 2.75) is 6.42 Å². The van der Waals surface area contributed by atoms with Gasteiger partial charge in [-0.05, 0) is 0 Å². The predicted molar refractivity (Wildman–Crippen MR) is 71.9 cm³/mol. The second-order valence-corrected chi connectivity index (χ2v) is 3.62. The smallest absolute Gasteiger partial charge is 0.255 e. The largest absolute Gasteiger partial charge is 0.496 e. The van der Waals surface area contributed by atoms with Gasteiger partial charge in [-0.1, -0.05) is 0 Å². The summed E-state index contributed by atoms with van der Waals surface area (Å²) in [6.07, 6.45) is 5.60. The first-order valence-corrected chi connectivity index (χ1v) is 5.69. The summed E-state index contributed by atoms with van der Waals surface area (Å²) in [4.78, 5) is 12.0. The van der Waals surface area contributed by atoms with Crippen LogP contribution >= 0.6 is 0 Å². The molecule has 0 atom stereocenters. The Balaban J connectivity index is 3.04. The third-order valence-corrected chi connectivity index (χ3v) is 2.51. The van der Waals surface area contributed by atoms with Gasteiger partial charge in [0.05, 0.1) is 26.9 Å². The molecule has 0 aromatic heterocycles. The topological polar surface area (TPSA) is 56.8 Å². The van der Waals surface area contributed by atoms with Gasteiger partial charge in [-0.15, -0.1) is 12.3 Å². The third kappa shape index (κ3) is 3.55. The number of ether oxygens (including phenoxy) is 3. The summed E-state index contributed by atoms with van der Waals surface area (Å²) in [6.45, 7) is 0.410. The highest BCUT2D eigenvalue weighted by Crippen LogP contribution is 2.34. The van der Waals surface area contributed by atoms with E-state index in [1.165, 1.54) is 21.3 Å². The Labute approximate surface area is 112 Å². The maximum absolute atomic E-state index is 12.0. The van der Waals surface area contributed by atoms with E-state index in [-0.39, 0.29) is 5.91 Å². The molecule has 102 valence electrons. The fourth-order valence-corrected chi connectivity index (χ4v) is 1.55. The number of hydrogen-bond donors (Lipinski definition) is 1. The van der Waals surface area contributed by atoms with E-state index in [1.54, 1.807) is 12.1 Å². The number of amides is 1. The molecule has 0 bridgehead atoms. The van der Waals surface area contributed by atoms with Crippen LogP contribution in [0.1, 0.15) is 16.8 Å². The normalized spacial score (nSPS) is 9.37. The van der Waals surface area contributed by atoms with Crippen molar-refractivity contribution in [1.82, 2.24) is 5.32 Å². The molecule has 19 heavy (non-hydrogen) atoms. The van der Waals surface area contributed by atoms with Crippen molar-refractivity contribution in [2.24, 2.45) is 0 Å². The highest BCUT2D eigenvalue weighted by atomic mass is 16.5. The van der Waals surface area contributed by atoms with Crippen LogP contribution < -0.4 is 19.5 Å². The van der Waals surface area contributed by atoms with Crippen LogP contribution in [0.4, 0.5) is 0 Å². The van der Waals surface area contributed by atoms with Crippen LogP contribution in [0.25, 0.3) is 0 Å². The van der Waals surface area contributed by atoms with E-state index in [0.717, 1.165) is 0 Å². The molecule has 0 saturated heterocycles. The minimum absolute atomic E-state index is 0.270. The van der Waals surface area contributed by atoms with Crippen LogP contribution in [0.5, 0.6) is 17.2 Å². The standard InChI is InChI=1S/C14H17NO4/c1-5-6-7-15-14(16)10-8-12(18-3)13(19-4)9-11(10)17-2/h1,8-9H,6-7H2,2-4H3,(H,15,16). The number of carbonyl (C=O) groups excluding carboxylic acids is 1. The highest BCUT2D eigenvalue weighted by Gasteiger charge is 2.17. The molecule has 1 amide bonds. The zero-order valence-electron chi connectivity index (χ0n) is 11.3. The lowest BCUT2D eigenvalue weighted by atomic mass is 10.1. The molecule has 1 aromatic rings. The number of carbonyl (C=O) groups is 1. The number of rotatable bonds is 6.